The fraction of sp³-hybridized carbons (Fsp3) is 0.548. The Labute approximate surface area is 223 Å². The first-order valence-electron chi connectivity index (χ1n) is 14.2. The van der Waals surface area contributed by atoms with Crippen molar-refractivity contribution in [3.63, 3.8) is 0 Å². The summed E-state index contributed by atoms with van der Waals surface area (Å²) in [5, 5.41) is 0. The van der Waals surface area contributed by atoms with Crippen LogP contribution in [0.25, 0.3) is 0 Å². The van der Waals surface area contributed by atoms with Gasteiger partial charge >= 0.3 is 0 Å². The van der Waals surface area contributed by atoms with Crippen LogP contribution < -0.4 is 4.90 Å². The Morgan fingerprint density at radius 2 is 1.79 bits per heavy atom. The van der Waals surface area contributed by atoms with Gasteiger partial charge < -0.3 is 14.7 Å². The van der Waals surface area contributed by atoms with Crippen LogP contribution in [0.15, 0.2) is 36.4 Å². The first kappa shape index (κ1) is 25.5. The molecule has 0 aromatic heterocycles. The number of nitrogens with zero attached hydrogens (tertiary/aromatic N) is 3. The van der Waals surface area contributed by atoms with Crippen LogP contribution in [-0.4, -0.2) is 54.3 Å². The molecule has 2 fully saturated rings. The number of hydrogen-bond donors (Lipinski definition) is 0. The average Bonchev–Trinajstić information content (AvgIpc) is 3.56. The zero-order chi connectivity index (χ0) is 26.4. The molecule has 3 heterocycles. The van der Waals surface area contributed by atoms with E-state index in [1.165, 1.54) is 12.1 Å². The lowest BCUT2D eigenvalue weighted by Crippen LogP contribution is -2.47. The molecular formula is C31H37F2N3O2. The normalized spacial score (nSPS) is 23.1. The Hall–Kier alpha value is -2.80. The van der Waals surface area contributed by atoms with E-state index in [2.05, 4.69) is 4.90 Å². The lowest BCUT2D eigenvalue weighted by atomic mass is 9.74. The molecule has 2 amide bonds. The molecule has 1 unspecified atom stereocenters. The highest BCUT2D eigenvalue weighted by Crippen LogP contribution is 2.47. The fourth-order valence-corrected chi connectivity index (χ4v) is 7.55. The largest absolute Gasteiger partial charge is 0.335 e. The molecule has 4 aliphatic rings. The molecule has 1 aliphatic carbocycles. The summed E-state index contributed by atoms with van der Waals surface area (Å²) in [6, 6.07) is 9.99. The van der Waals surface area contributed by atoms with Gasteiger partial charge in [0.1, 0.15) is 11.6 Å². The molecule has 5 nitrogen and oxygen atoms in total. The first-order chi connectivity index (χ1) is 18.4. The summed E-state index contributed by atoms with van der Waals surface area (Å²) in [7, 11) is 0. The summed E-state index contributed by atoms with van der Waals surface area (Å²) >= 11 is 0. The Kier molecular flexibility index (Phi) is 6.75. The van der Waals surface area contributed by atoms with Gasteiger partial charge in [-0.2, -0.15) is 0 Å². The third kappa shape index (κ3) is 4.42. The smallest absolute Gasteiger partial charge is 0.226 e. The van der Waals surface area contributed by atoms with Gasteiger partial charge in [-0.25, -0.2) is 8.78 Å². The summed E-state index contributed by atoms with van der Waals surface area (Å²) in [5.74, 6) is -0.0791. The van der Waals surface area contributed by atoms with Crippen LogP contribution in [0.1, 0.15) is 74.6 Å². The minimum absolute atomic E-state index is 0.00706. The Balaban J connectivity index is 1.17. The summed E-state index contributed by atoms with van der Waals surface area (Å²) < 4.78 is 28.9. The minimum atomic E-state index is -0.258. The number of fused-ring (bicyclic) bond motifs is 3. The number of piperidine rings is 1. The molecule has 202 valence electrons. The van der Waals surface area contributed by atoms with Gasteiger partial charge in [0, 0.05) is 43.6 Å². The predicted octanol–water partition coefficient (Wildman–Crippen LogP) is 5.37. The third-order valence-corrected chi connectivity index (χ3v) is 9.67. The monoisotopic (exact) mass is 521 g/mol. The van der Waals surface area contributed by atoms with Crippen LogP contribution in [0.2, 0.25) is 0 Å². The highest BCUT2D eigenvalue weighted by molar-refractivity contribution is 5.94. The second kappa shape index (κ2) is 10.1. The molecule has 0 N–H and O–H groups in total. The number of likely N-dealkylation sites (tertiary alicyclic amines) is 1. The van der Waals surface area contributed by atoms with Crippen molar-refractivity contribution >= 4 is 17.5 Å². The number of halogens is 2. The summed E-state index contributed by atoms with van der Waals surface area (Å²) in [5.41, 5.74) is 3.31. The molecule has 3 aliphatic heterocycles. The van der Waals surface area contributed by atoms with Gasteiger partial charge in [-0.1, -0.05) is 25.0 Å². The van der Waals surface area contributed by atoms with Crippen molar-refractivity contribution < 1.29 is 18.4 Å². The number of anilines is 1. The van der Waals surface area contributed by atoms with Crippen LogP contribution in [0, 0.1) is 17.6 Å². The zero-order valence-electron chi connectivity index (χ0n) is 22.2. The Morgan fingerprint density at radius 3 is 2.53 bits per heavy atom. The van der Waals surface area contributed by atoms with E-state index in [1.807, 2.05) is 11.0 Å². The van der Waals surface area contributed by atoms with Crippen molar-refractivity contribution in [2.45, 2.75) is 69.7 Å². The minimum Gasteiger partial charge on any atom is -0.335 e. The van der Waals surface area contributed by atoms with Gasteiger partial charge in [-0.3, -0.25) is 9.59 Å². The number of hydrogen-bond acceptors (Lipinski definition) is 3. The number of rotatable bonds is 4. The van der Waals surface area contributed by atoms with E-state index in [4.69, 9.17) is 0 Å². The van der Waals surface area contributed by atoms with Crippen molar-refractivity contribution in [1.29, 1.82) is 0 Å². The van der Waals surface area contributed by atoms with Gasteiger partial charge in [0.05, 0.1) is 6.04 Å². The van der Waals surface area contributed by atoms with Gasteiger partial charge in [-0.15, -0.1) is 0 Å². The highest BCUT2D eigenvalue weighted by atomic mass is 19.1. The van der Waals surface area contributed by atoms with Crippen molar-refractivity contribution in [1.82, 2.24) is 9.80 Å². The molecule has 7 heteroatoms. The summed E-state index contributed by atoms with van der Waals surface area (Å²) in [6.45, 7) is 5.28. The molecule has 1 atom stereocenters. The van der Waals surface area contributed by atoms with Crippen LogP contribution in [-0.2, 0) is 21.4 Å². The maximum atomic E-state index is 14.7. The molecule has 6 rings (SSSR count). The average molecular weight is 522 g/mol. The Morgan fingerprint density at radius 1 is 1.03 bits per heavy atom. The van der Waals surface area contributed by atoms with Crippen LogP contribution >= 0.6 is 0 Å². The summed E-state index contributed by atoms with van der Waals surface area (Å²) in [6.07, 6.45) is 7.21. The second-order valence-electron chi connectivity index (χ2n) is 11.8. The van der Waals surface area contributed by atoms with E-state index in [-0.39, 0.29) is 40.8 Å². The van der Waals surface area contributed by atoms with Gasteiger partial charge in [0.25, 0.3) is 0 Å². The van der Waals surface area contributed by atoms with Crippen molar-refractivity contribution in [2.75, 3.05) is 37.6 Å². The van der Waals surface area contributed by atoms with Crippen molar-refractivity contribution in [2.24, 2.45) is 5.92 Å². The highest BCUT2D eigenvalue weighted by Gasteiger charge is 2.46. The third-order valence-electron chi connectivity index (χ3n) is 9.67. The van der Waals surface area contributed by atoms with Gasteiger partial charge in [0.15, 0.2) is 0 Å². The second-order valence-corrected chi connectivity index (χ2v) is 11.8. The number of benzene rings is 2. The van der Waals surface area contributed by atoms with Gasteiger partial charge in [0.2, 0.25) is 11.8 Å². The number of carbonyl (C=O) groups excluding carboxylic acids is 2. The van der Waals surface area contributed by atoms with E-state index >= 15 is 0 Å². The van der Waals surface area contributed by atoms with Crippen molar-refractivity contribution in [3.05, 3.63) is 64.7 Å². The fourth-order valence-electron chi connectivity index (χ4n) is 7.55. The lowest BCUT2D eigenvalue weighted by Gasteiger charge is -2.42. The molecule has 0 bridgehead atoms. The molecule has 38 heavy (non-hydrogen) atoms. The Bertz CT molecular complexity index is 1230. The van der Waals surface area contributed by atoms with E-state index in [1.54, 1.807) is 30.0 Å². The van der Waals surface area contributed by atoms with Crippen LogP contribution in [0.5, 0.6) is 0 Å². The molecule has 1 saturated carbocycles. The number of carbonyl (C=O) groups is 2. The molecular weight excluding hydrogens is 484 g/mol. The number of amides is 2. The first-order valence-corrected chi connectivity index (χ1v) is 14.2. The molecule has 0 radical (unpaired) electrons. The van der Waals surface area contributed by atoms with E-state index in [9.17, 15) is 18.4 Å². The van der Waals surface area contributed by atoms with Gasteiger partial charge in [-0.05, 0) is 92.6 Å². The van der Waals surface area contributed by atoms with E-state index in [0.717, 1.165) is 87.0 Å². The van der Waals surface area contributed by atoms with Crippen molar-refractivity contribution in [3.8, 4) is 0 Å². The lowest BCUT2D eigenvalue weighted by molar-refractivity contribution is -0.138. The quantitative estimate of drug-likeness (QED) is 0.543. The van der Waals surface area contributed by atoms with Crippen LogP contribution in [0.4, 0.5) is 14.5 Å². The molecule has 2 aromatic rings. The molecule has 1 spiro atoms. The zero-order valence-corrected chi connectivity index (χ0v) is 22.2. The van der Waals surface area contributed by atoms with E-state index in [0.29, 0.717) is 19.5 Å². The maximum absolute atomic E-state index is 14.7. The van der Waals surface area contributed by atoms with E-state index < -0.39 is 0 Å². The standard InChI is InChI=1S/C31H37F2N3O2/c1-21(37)36-20-31(26-19-23(32)9-10-29(26)36)13-17-34(18-14-31)15-12-28-25-7-4-8-27(33)24(25)11-16-35(28)30(38)22-5-2-3-6-22/h4,7-10,19,22,28H,2-3,5-6,11-18,20H2,1H3. The van der Waals surface area contributed by atoms with Crippen LogP contribution in [0.3, 0.4) is 0 Å². The SMILES string of the molecule is CC(=O)N1CC2(CCN(CCC3c4cccc(F)c4CCN3C(=O)C3CCCC3)CC2)c2cc(F)ccc21. The predicted molar refractivity (Wildman–Crippen MR) is 143 cm³/mol. The molecule has 1 saturated heterocycles. The topological polar surface area (TPSA) is 43.9 Å². The summed E-state index contributed by atoms with van der Waals surface area (Å²) in [4.78, 5) is 32.1. The molecule has 2 aromatic carbocycles. The maximum Gasteiger partial charge on any atom is 0.226 e.